The number of carbonyl (C=O) groups excluding carboxylic acids is 2. The Labute approximate surface area is 174 Å². The van der Waals surface area contributed by atoms with E-state index in [9.17, 15) is 9.59 Å². The van der Waals surface area contributed by atoms with Crippen molar-refractivity contribution in [3.8, 4) is 0 Å². The summed E-state index contributed by atoms with van der Waals surface area (Å²) >= 11 is 0. The van der Waals surface area contributed by atoms with Gasteiger partial charge in [-0.3, -0.25) is 14.5 Å². The SMILES string of the molecule is CCN(CC)C(CNC(=O)CCc1ccc(C(=O)N(C)C)cc1)c1ccccc1. The Hall–Kier alpha value is -2.66. The highest BCUT2D eigenvalue weighted by Crippen LogP contribution is 2.19. The van der Waals surface area contributed by atoms with Crippen molar-refractivity contribution in [1.29, 1.82) is 0 Å². The van der Waals surface area contributed by atoms with E-state index in [1.54, 1.807) is 19.0 Å². The van der Waals surface area contributed by atoms with Crippen LogP contribution in [0.3, 0.4) is 0 Å². The molecule has 1 atom stereocenters. The fraction of sp³-hybridized carbons (Fsp3) is 0.417. The molecule has 0 aromatic heterocycles. The lowest BCUT2D eigenvalue weighted by atomic mass is 10.0. The first-order valence-corrected chi connectivity index (χ1v) is 10.3. The van der Waals surface area contributed by atoms with Gasteiger partial charge in [0, 0.05) is 32.6 Å². The zero-order valence-electron chi connectivity index (χ0n) is 18.0. The Morgan fingerprint density at radius 1 is 0.931 bits per heavy atom. The molecule has 0 saturated carbocycles. The van der Waals surface area contributed by atoms with E-state index in [1.165, 1.54) is 5.56 Å². The molecule has 0 aliphatic heterocycles. The molecule has 156 valence electrons. The van der Waals surface area contributed by atoms with Gasteiger partial charge >= 0.3 is 0 Å². The van der Waals surface area contributed by atoms with Crippen LogP contribution in [0.5, 0.6) is 0 Å². The van der Waals surface area contributed by atoms with Crippen LogP contribution in [0.4, 0.5) is 0 Å². The molecule has 0 saturated heterocycles. The summed E-state index contributed by atoms with van der Waals surface area (Å²) in [7, 11) is 3.48. The van der Waals surface area contributed by atoms with Crippen LogP contribution in [0.2, 0.25) is 0 Å². The predicted octanol–water partition coefficient (Wildman–Crippen LogP) is 3.52. The van der Waals surface area contributed by atoms with Crippen LogP contribution in [0.15, 0.2) is 54.6 Å². The summed E-state index contributed by atoms with van der Waals surface area (Å²) in [5.74, 6) is 0.0316. The zero-order chi connectivity index (χ0) is 21.2. The third kappa shape index (κ3) is 6.71. The Kier molecular flexibility index (Phi) is 8.87. The Morgan fingerprint density at radius 2 is 1.55 bits per heavy atom. The molecule has 0 heterocycles. The van der Waals surface area contributed by atoms with Crippen molar-refractivity contribution in [2.75, 3.05) is 33.7 Å². The van der Waals surface area contributed by atoms with Crippen molar-refractivity contribution in [2.45, 2.75) is 32.7 Å². The molecule has 0 bridgehead atoms. The lowest BCUT2D eigenvalue weighted by Crippen LogP contribution is -2.38. The maximum absolute atomic E-state index is 12.4. The third-order valence-electron chi connectivity index (χ3n) is 5.18. The number of nitrogens with zero attached hydrogens (tertiary/aromatic N) is 2. The summed E-state index contributed by atoms with van der Waals surface area (Å²) in [6.45, 7) is 6.76. The summed E-state index contributed by atoms with van der Waals surface area (Å²) < 4.78 is 0. The summed E-state index contributed by atoms with van der Waals surface area (Å²) in [4.78, 5) is 28.3. The normalized spacial score (nSPS) is 11.9. The highest BCUT2D eigenvalue weighted by Gasteiger charge is 2.18. The lowest BCUT2D eigenvalue weighted by Gasteiger charge is -2.30. The van der Waals surface area contributed by atoms with E-state index in [2.05, 4.69) is 36.2 Å². The molecule has 0 fully saturated rings. The molecule has 2 aromatic carbocycles. The second-order valence-electron chi connectivity index (χ2n) is 7.35. The fourth-order valence-corrected chi connectivity index (χ4v) is 3.43. The van der Waals surface area contributed by atoms with Gasteiger partial charge in [-0.2, -0.15) is 0 Å². The average Bonchev–Trinajstić information content (AvgIpc) is 2.75. The van der Waals surface area contributed by atoms with Gasteiger partial charge in [-0.1, -0.05) is 56.3 Å². The summed E-state index contributed by atoms with van der Waals surface area (Å²) in [6.07, 6.45) is 1.09. The predicted molar refractivity (Wildman–Crippen MR) is 118 cm³/mol. The molecular weight excluding hydrogens is 362 g/mol. The molecule has 2 aromatic rings. The van der Waals surface area contributed by atoms with E-state index in [-0.39, 0.29) is 17.9 Å². The average molecular weight is 396 g/mol. The van der Waals surface area contributed by atoms with Crippen LogP contribution in [0, 0.1) is 0 Å². The second-order valence-corrected chi connectivity index (χ2v) is 7.35. The number of carbonyl (C=O) groups is 2. The maximum Gasteiger partial charge on any atom is 0.253 e. The monoisotopic (exact) mass is 395 g/mol. The number of aryl methyl sites for hydroxylation is 1. The van der Waals surface area contributed by atoms with Gasteiger partial charge in [-0.15, -0.1) is 0 Å². The van der Waals surface area contributed by atoms with Crippen molar-refractivity contribution in [2.24, 2.45) is 0 Å². The quantitative estimate of drug-likeness (QED) is 0.670. The Morgan fingerprint density at radius 3 is 2.10 bits per heavy atom. The molecule has 1 unspecified atom stereocenters. The minimum Gasteiger partial charge on any atom is -0.354 e. The number of hydrogen-bond acceptors (Lipinski definition) is 3. The number of likely N-dealkylation sites (N-methyl/N-ethyl adjacent to an activating group) is 1. The van der Waals surface area contributed by atoms with Gasteiger partial charge in [0.1, 0.15) is 0 Å². The van der Waals surface area contributed by atoms with Crippen LogP contribution in [0.25, 0.3) is 0 Å². The first kappa shape index (κ1) is 22.6. The van der Waals surface area contributed by atoms with Crippen LogP contribution in [-0.4, -0.2) is 55.3 Å². The standard InChI is InChI=1S/C24H33N3O2/c1-5-27(6-2)22(20-10-8-7-9-11-20)18-25-23(28)17-14-19-12-15-21(16-13-19)24(29)26(3)4/h7-13,15-16,22H,5-6,14,17-18H2,1-4H3,(H,25,28). The van der Waals surface area contributed by atoms with E-state index in [1.807, 2.05) is 42.5 Å². The van der Waals surface area contributed by atoms with E-state index < -0.39 is 0 Å². The van der Waals surface area contributed by atoms with E-state index >= 15 is 0 Å². The van der Waals surface area contributed by atoms with Gasteiger partial charge in [0.25, 0.3) is 5.91 Å². The summed E-state index contributed by atoms with van der Waals surface area (Å²) in [6, 6.07) is 18.0. The van der Waals surface area contributed by atoms with Crippen LogP contribution in [-0.2, 0) is 11.2 Å². The van der Waals surface area contributed by atoms with E-state index in [0.717, 1.165) is 18.7 Å². The first-order chi connectivity index (χ1) is 14.0. The molecule has 0 radical (unpaired) electrons. The summed E-state index contributed by atoms with van der Waals surface area (Å²) in [5.41, 5.74) is 2.93. The molecular formula is C24H33N3O2. The van der Waals surface area contributed by atoms with E-state index in [4.69, 9.17) is 0 Å². The number of benzene rings is 2. The number of hydrogen-bond donors (Lipinski definition) is 1. The van der Waals surface area contributed by atoms with Gasteiger partial charge < -0.3 is 10.2 Å². The van der Waals surface area contributed by atoms with Crippen LogP contribution < -0.4 is 5.32 Å². The largest absolute Gasteiger partial charge is 0.354 e. The molecule has 0 spiro atoms. The molecule has 1 N–H and O–H groups in total. The maximum atomic E-state index is 12.4. The van der Waals surface area contributed by atoms with Crippen LogP contribution >= 0.6 is 0 Å². The molecule has 2 amide bonds. The minimum absolute atomic E-state index is 0.0161. The number of amides is 2. The van der Waals surface area contributed by atoms with Crippen molar-refractivity contribution in [1.82, 2.24) is 15.1 Å². The number of rotatable bonds is 10. The van der Waals surface area contributed by atoms with Gasteiger partial charge in [-0.25, -0.2) is 0 Å². The van der Waals surface area contributed by atoms with Crippen molar-refractivity contribution in [3.05, 3.63) is 71.3 Å². The molecule has 29 heavy (non-hydrogen) atoms. The molecule has 5 nitrogen and oxygen atoms in total. The van der Waals surface area contributed by atoms with Crippen molar-refractivity contribution in [3.63, 3.8) is 0 Å². The van der Waals surface area contributed by atoms with Gasteiger partial charge in [0.2, 0.25) is 5.91 Å². The Bertz CT molecular complexity index is 768. The van der Waals surface area contributed by atoms with Crippen molar-refractivity contribution >= 4 is 11.8 Å². The summed E-state index contributed by atoms with van der Waals surface area (Å²) in [5, 5.41) is 3.10. The van der Waals surface area contributed by atoms with Crippen molar-refractivity contribution < 1.29 is 9.59 Å². The lowest BCUT2D eigenvalue weighted by molar-refractivity contribution is -0.121. The van der Waals surface area contributed by atoms with Gasteiger partial charge in [-0.05, 0) is 42.8 Å². The highest BCUT2D eigenvalue weighted by atomic mass is 16.2. The topological polar surface area (TPSA) is 52.7 Å². The molecule has 0 aliphatic rings. The molecule has 2 rings (SSSR count). The smallest absolute Gasteiger partial charge is 0.253 e. The Balaban J connectivity index is 1.90. The third-order valence-corrected chi connectivity index (χ3v) is 5.18. The molecule has 5 heteroatoms. The zero-order valence-corrected chi connectivity index (χ0v) is 18.0. The van der Waals surface area contributed by atoms with Gasteiger partial charge in [0.05, 0.1) is 6.04 Å². The highest BCUT2D eigenvalue weighted by molar-refractivity contribution is 5.93. The van der Waals surface area contributed by atoms with Gasteiger partial charge in [0.15, 0.2) is 0 Å². The molecule has 0 aliphatic carbocycles. The van der Waals surface area contributed by atoms with E-state index in [0.29, 0.717) is 24.9 Å². The van der Waals surface area contributed by atoms with Crippen LogP contribution in [0.1, 0.15) is 47.8 Å². The fourth-order valence-electron chi connectivity index (χ4n) is 3.43. The second kappa shape index (κ2) is 11.4. The first-order valence-electron chi connectivity index (χ1n) is 10.3. The number of nitrogens with one attached hydrogen (secondary N) is 1. The minimum atomic E-state index is -0.0161.